The zero-order valence-corrected chi connectivity index (χ0v) is 22.7. The van der Waals surface area contributed by atoms with E-state index in [4.69, 9.17) is 9.72 Å². The molecular weight excluding hydrogens is 476 g/mol. The maximum absolute atomic E-state index is 11.4. The molecule has 0 atom stereocenters. The normalized spacial score (nSPS) is 14.6. The lowest BCUT2D eigenvalue weighted by atomic mass is 10.1. The van der Waals surface area contributed by atoms with Crippen LogP contribution in [0.5, 0.6) is 11.5 Å². The number of pyridine rings is 1. The smallest absolute Gasteiger partial charge is 0.208 e. The summed E-state index contributed by atoms with van der Waals surface area (Å²) in [5.74, 6) is 2.20. The van der Waals surface area contributed by atoms with Gasteiger partial charge in [-0.3, -0.25) is 14.7 Å². The van der Waals surface area contributed by atoms with Gasteiger partial charge in [-0.05, 0) is 61.9 Å². The largest absolute Gasteiger partial charge is 0.457 e. The number of nitrogens with zero attached hydrogens (tertiary/aromatic N) is 5. The topological polar surface area (TPSA) is 75.5 Å². The maximum atomic E-state index is 11.4. The molecule has 4 aromatic rings. The highest BCUT2D eigenvalue weighted by atomic mass is 16.5. The second kappa shape index (κ2) is 11.3. The number of hydrogen-bond acceptors (Lipinski definition) is 7. The van der Waals surface area contributed by atoms with Crippen molar-refractivity contribution in [3.63, 3.8) is 0 Å². The number of Topliss-reactive ketones (excluding diaryl/α,β-unsaturated/α-hetero) is 1. The SMILES string of the molecule is CCN1CCN(Cc2cc(C)cc(Nc3nc4ccc(Oc5ccnc(CC(C)=O)c5)cc4n3C)c2)CC1. The van der Waals surface area contributed by atoms with Crippen LogP contribution in [0.1, 0.15) is 30.7 Å². The molecule has 1 saturated heterocycles. The summed E-state index contributed by atoms with van der Waals surface area (Å²) < 4.78 is 8.13. The highest BCUT2D eigenvalue weighted by molar-refractivity contribution is 5.81. The van der Waals surface area contributed by atoms with E-state index in [1.807, 2.05) is 29.8 Å². The number of carbonyl (C=O) groups excluding carboxylic acids is 1. The third-order valence-electron chi connectivity index (χ3n) is 7.02. The van der Waals surface area contributed by atoms with Gasteiger partial charge in [-0.15, -0.1) is 0 Å². The van der Waals surface area contributed by atoms with E-state index in [0.29, 0.717) is 23.6 Å². The van der Waals surface area contributed by atoms with E-state index >= 15 is 0 Å². The first-order chi connectivity index (χ1) is 18.4. The summed E-state index contributed by atoms with van der Waals surface area (Å²) in [6, 6.07) is 16.1. The third kappa shape index (κ3) is 6.20. The van der Waals surface area contributed by atoms with Crippen LogP contribution in [0.2, 0.25) is 0 Å². The Morgan fingerprint density at radius 3 is 2.53 bits per heavy atom. The van der Waals surface area contributed by atoms with E-state index in [0.717, 1.165) is 61.9 Å². The minimum atomic E-state index is 0.0709. The Morgan fingerprint density at radius 1 is 1.00 bits per heavy atom. The molecule has 0 unspecified atom stereocenters. The summed E-state index contributed by atoms with van der Waals surface area (Å²) in [4.78, 5) is 25.6. The van der Waals surface area contributed by atoms with Crippen molar-refractivity contribution in [3.05, 3.63) is 71.5 Å². The van der Waals surface area contributed by atoms with Crippen LogP contribution in [0, 0.1) is 6.92 Å². The molecule has 1 N–H and O–H groups in total. The number of anilines is 2. The van der Waals surface area contributed by atoms with Gasteiger partial charge in [-0.2, -0.15) is 0 Å². The van der Waals surface area contributed by atoms with Crippen molar-refractivity contribution in [1.29, 1.82) is 0 Å². The number of benzene rings is 2. The lowest BCUT2D eigenvalue weighted by Crippen LogP contribution is -2.45. The van der Waals surface area contributed by atoms with Crippen molar-refractivity contribution < 1.29 is 9.53 Å². The first kappa shape index (κ1) is 25.9. The molecule has 38 heavy (non-hydrogen) atoms. The Bertz CT molecular complexity index is 1440. The van der Waals surface area contributed by atoms with Gasteiger partial charge in [0.25, 0.3) is 0 Å². The summed E-state index contributed by atoms with van der Waals surface area (Å²) in [6.45, 7) is 12.5. The molecule has 8 heteroatoms. The number of piperazine rings is 1. The standard InChI is InChI=1S/C30H36N6O2/c1-5-35-10-12-36(13-11-35)20-23-14-21(2)15-25(17-23)32-30-33-28-7-6-26(19-29(28)34(30)4)38-27-8-9-31-24(18-27)16-22(3)37/h6-9,14-15,17-19H,5,10-13,16,20H2,1-4H3,(H,32,33). The van der Waals surface area contributed by atoms with Gasteiger partial charge in [0.05, 0.1) is 16.7 Å². The number of fused-ring (bicyclic) bond motifs is 1. The van der Waals surface area contributed by atoms with Gasteiger partial charge in [0.15, 0.2) is 0 Å². The number of aryl methyl sites for hydroxylation is 2. The molecule has 0 bridgehead atoms. The molecule has 1 aliphatic heterocycles. The molecule has 1 fully saturated rings. The van der Waals surface area contributed by atoms with Crippen molar-refractivity contribution in [2.24, 2.45) is 7.05 Å². The minimum absolute atomic E-state index is 0.0709. The average molecular weight is 513 g/mol. The van der Waals surface area contributed by atoms with Gasteiger partial charge < -0.3 is 19.5 Å². The fraction of sp³-hybridized carbons (Fsp3) is 0.367. The van der Waals surface area contributed by atoms with Gasteiger partial charge in [-0.1, -0.05) is 13.0 Å². The molecule has 2 aromatic heterocycles. The number of likely N-dealkylation sites (N-methyl/N-ethyl adjacent to an activating group) is 1. The first-order valence-corrected chi connectivity index (χ1v) is 13.3. The summed E-state index contributed by atoms with van der Waals surface area (Å²) in [5, 5.41) is 3.54. The van der Waals surface area contributed by atoms with E-state index in [2.05, 4.69) is 52.1 Å². The summed E-state index contributed by atoms with van der Waals surface area (Å²) in [7, 11) is 2.00. The number of aromatic nitrogens is 3. The number of hydrogen-bond donors (Lipinski definition) is 1. The Labute approximate surface area is 224 Å². The summed E-state index contributed by atoms with van der Waals surface area (Å²) in [6.07, 6.45) is 1.96. The summed E-state index contributed by atoms with van der Waals surface area (Å²) in [5.41, 5.74) is 6.13. The van der Waals surface area contributed by atoms with Gasteiger partial charge >= 0.3 is 0 Å². The molecule has 0 aliphatic carbocycles. The number of carbonyl (C=O) groups is 1. The second-order valence-electron chi connectivity index (χ2n) is 10.2. The van der Waals surface area contributed by atoms with Gasteiger partial charge in [0, 0.05) is 70.2 Å². The van der Waals surface area contributed by atoms with Crippen LogP contribution in [0.4, 0.5) is 11.6 Å². The van der Waals surface area contributed by atoms with Crippen molar-refractivity contribution in [1.82, 2.24) is 24.3 Å². The van der Waals surface area contributed by atoms with Crippen LogP contribution < -0.4 is 10.1 Å². The first-order valence-electron chi connectivity index (χ1n) is 13.3. The number of nitrogens with one attached hydrogen (secondary N) is 1. The number of ketones is 1. The molecule has 0 spiro atoms. The number of rotatable bonds is 9. The Kier molecular flexibility index (Phi) is 7.72. The quantitative estimate of drug-likeness (QED) is 0.335. The molecule has 8 nitrogen and oxygen atoms in total. The van der Waals surface area contributed by atoms with E-state index in [1.54, 1.807) is 25.3 Å². The van der Waals surface area contributed by atoms with Crippen LogP contribution in [-0.2, 0) is 24.8 Å². The van der Waals surface area contributed by atoms with Gasteiger partial charge in [-0.25, -0.2) is 4.98 Å². The molecule has 2 aromatic carbocycles. The molecule has 1 aliphatic rings. The van der Waals surface area contributed by atoms with E-state index < -0.39 is 0 Å². The van der Waals surface area contributed by atoms with E-state index in [1.165, 1.54) is 11.1 Å². The molecule has 0 saturated carbocycles. The number of ether oxygens (including phenoxy) is 1. The maximum Gasteiger partial charge on any atom is 0.208 e. The fourth-order valence-electron chi connectivity index (χ4n) is 5.03. The minimum Gasteiger partial charge on any atom is -0.457 e. The molecule has 0 amide bonds. The lowest BCUT2D eigenvalue weighted by molar-refractivity contribution is -0.116. The van der Waals surface area contributed by atoms with Crippen LogP contribution in [0.25, 0.3) is 11.0 Å². The van der Waals surface area contributed by atoms with Crippen molar-refractivity contribution >= 4 is 28.5 Å². The molecule has 3 heterocycles. The third-order valence-corrected chi connectivity index (χ3v) is 7.02. The molecule has 5 rings (SSSR count). The van der Waals surface area contributed by atoms with Crippen LogP contribution >= 0.6 is 0 Å². The zero-order chi connectivity index (χ0) is 26.6. The Hall–Kier alpha value is -3.75. The van der Waals surface area contributed by atoms with Crippen molar-refractivity contribution in [3.8, 4) is 11.5 Å². The predicted octanol–water partition coefficient (Wildman–Crippen LogP) is 5.08. The predicted molar refractivity (Wildman–Crippen MR) is 151 cm³/mol. The monoisotopic (exact) mass is 512 g/mol. The zero-order valence-electron chi connectivity index (χ0n) is 22.7. The van der Waals surface area contributed by atoms with Gasteiger partial charge in [0.1, 0.15) is 17.3 Å². The van der Waals surface area contributed by atoms with E-state index in [9.17, 15) is 4.79 Å². The molecular formula is C30H36N6O2. The Morgan fingerprint density at radius 2 is 1.76 bits per heavy atom. The van der Waals surface area contributed by atoms with E-state index in [-0.39, 0.29) is 5.78 Å². The highest BCUT2D eigenvalue weighted by Crippen LogP contribution is 2.29. The molecule has 198 valence electrons. The lowest BCUT2D eigenvalue weighted by Gasteiger charge is -2.34. The van der Waals surface area contributed by atoms with Crippen LogP contribution in [0.3, 0.4) is 0 Å². The van der Waals surface area contributed by atoms with Crippen molar-refractivity contribution in [2.75, 3.05) is 38.0 Å². The fourth-order valence-corrected chi connectivity index (χ4v) is 5.03. The van der Waals surface area contributed by atoms with Crippen molar-refractivity contribution in [2.45, 2.75) is 33.7 Å². The van der Waals surface area contributed by atoms with Crippen LogP contribution in [-0.4, -0.2) is 62.8 Å². The average Bonchev–Trinajstić information content (AvgIpc) is 3.18. The van der Waals surface area contributed by atoms with Crippen LogP contribution in [0.15, 0.2) is 54.7 Å². The summed E-state index contributed by atoms with van der Waals surface area (Å²) >= 11 is 0. The van der Waals surface area contributed by atoms with Gasteiger partial charge in [0.2, 0.25) is 5.95 Å². The Balaban J connectivity index is 1.31. The molecule has 0 radical (unpaired) electrons. The second-order valence-corrected chi connectivity index (χ2v) is 10.2. The number of imidazole rings is 1. The highest BCUT2D eigenvalue weighted by Gasteiger charge is 2.16.